The summed E-state index contributed by atoms with van der Waals surface area (Å²) in [5.41, 5.74) is 3.43. The molecule has 18 heavy (non-hydrogen) atoms. The monoisotopic (exact) mass is 241 g/mol. The Bertz CT molecular complexity index is 550. The number of nitrogens with one attached hydrogen (secondary N) is 1. The van der Waals surface area contributed by atoms with Crippen LogP contribution in [-0.4, -0.2) is 0 Å². The molecule has 0 amide bonds. The molecule has 3 rings (SSSR count). The third kappa shape index (κ3) is 1.99. The lowest BCUT2D eigenvalue weighted by Crippen LogP contribution is -2.26. The first-order chi connectivity index (χ1) is 8.74. The summed E-state index contributed by atoms with van der Waals surface area (Å²) in [6.07, 6.45) is 0.916. The fourth-order valence-corrected chi connectivity index (χ4v) is 2.72. The number of hydrogen-bond donors (Lipinski definition) is 1. The minimum absolute atomic E-state index is 0.152. The fourth-order valence-electron chi connectivity index (χ4n) is 2.72. The molecule has 2 aromatic carbocycles. The number of halogens is 1. The van der Waals surface area contributed by atoms with Gasteiger partial charge in [0.05, 0.1) is 6.04 Å². The van der Waals surface area contributed by atoms with Gasteiger partial charge in [0, 0.05) is 5.69 Å². The Balaban J connectivity index is 1.95. The number of anilines is 1. The lowest BCUT2D eigenvalue weighted by Gasteiger charge is -2.33. The summed E-state index contributed by atoms with van der Waals surface area (Å²) in [6, 6.07) is 15.7. The van der Waals surface area contributed by atoms with Crippen molar-refractivity contribution in [3.63, 3.8) is 0 Å². The van der Waals surface area contributed by atoms with Gasteiger partial charge in [-0.05, 0) is 41.7 Å². The molecule has 2 atom stereocenters. The Morgan fingerprint density at radius 1 is 1.11 bits per heavy atom. The maximum absolute atomic E-state index is 13.2. The molecule has 0 spiro atoms. The van der Waals surface area contributed by atoms with Gasteiger partial charge in [0.25, 0.3) is 0 Å². The first-order valence-electron chi connectivity index (χ1n) is 6.34. The van der Waals surface area contributed by atoms with Crippen LogP contribution < -0.4 is 5.32 Å². The maximum Gasteiger partial charge on any atom is 0.123 e. The van der Waals surface area contributed by atoms with Crippen LogP contribution in [0.4, 0.5) is 10.1 Å². The van der Waals surface area contributed by atoms with Crippen LogP contribution in [-0.2, 0) is 6.42 Å². The Hall–Kier alpha value is -1.83. The molecule has 0 aromatic heterocycles. The first-order valence-corrected chi connectivity index (χ1v) is 6.34. The van der Waals surface area contributed by atoms with Gasteiger partial charge in [0.1, 0.15) is 5.82 Å². The number of benzene rings is 2. The van der Waals surface area contributed by atoms with Crippen molar-refractivity contribution in [2.45, 2.75) is 19.4 Å². The third-order valence-corrected chi connectivity index (χ3v) is 3.65. The van der Waals surface area contributed by atoms with E-state index >= 15 is 0 Å². The highest BCUT2D eigenvalue weighted by Gasteiger charge is 2.25. The van der Waals surface area contributed by atoms with Crippen LogP contribution in [0.5, 0.6) is 0 Å². The lowest BCUT2D eigenvalue weighted by molar-refractivity contribution is 0.477. The Kier molecular flexibility index (Phi) is 2.78. The predicted molar refractivity (Wildman–Crippen MR) is 72.1 cm³/mol. The molecule has 1 aliphatic rings. The smallest absolute Gasteiger partial charge is 0.123 e. The van der Waals surface area contributed by atoms with E-state index in [0.29, 0.717) is 12.0 Å². The van der Waals surface area contributed by atoms with E-state index in [1.165, 1.54) is 11.6 Å². The van der Waals surface area contributed by atoms with Crippen molar-refractivity contribution >= 4 is 5.69 Å². The zero-order valence-corrected chi connectivity index (χ0v) is 10.4. The van der Waals surface area contributed by atoms with Crippen LogP contribution in [0.2, 0.25) is 0 Å². The van der Waals surface area contributed by atoms with Crippen LogP contribution in [0.3, 0.4) is 0 Å². The molecule has 2 heteroatoms. The van der Waals surface area contributed by atoms with Gasteiger partial charge in [-0.25, -0.2) is 4.39 Å². The van der Waals surface area contributed by atoms with Crippen LogP contribution >= 0.6 is 0 Å². The van der Waals surface area contributed by atoms with Gasteiger partial charge in [-0.2, -0.15) is 0 Å². The summed E-state index contributed by atoms with van der Waals surface area (Å²) in [7, 11) is 0. The summed E-state index contributed by atoms with van der Waals surface area (Å²) in [6.45, 7) is 2.21. The van der Waals surface area contributed by atoms with Gasteiger partial charge in [-0.15, -0.1) is 0 Å². The summed E-state index contributed by atoms with van der Waals surface area (Å²) in [5.74, 6) is 0.308. The highest BCUT2D eigenvalue weighted by molar-refractivity contribution is 5.55. The van der Waals surface area contributed by atoms with E-state index in [4.69, 9.17) is 0 Å². The highest BCUT2D eigenvalue weighted by atomic mass is 19.1. The molecule has 0 saturated heterocycles. The third-order valence-electron chi connectivity index (χ3n) is 3.65. The van der Waals surface area contributed by atoms with Crippen molar-refractivity contribution in [2.24, 2.45) is 5.92 Å². The van der Waals surface area contributed by atoms with E-state index < -0.39 is 0 Å². The maximum atomic E-state index is 13.2. The van der Waals surface area contributed by atoms with Crippen molar-refractivity contribution in [3.8, 4) is 0 Å². The molecule has 1 heterocycles. The van der Waals surface area contributed by atoms with Gasteiger partial charge in [-0.1, -0.05) is 37.3 Å². The second kappa shape index (κ2) is 4.45. The average Bonchev–Trinajstić information content (AvgIpc) is 2.39. The molecule has 0 radical (unpaired) electrons. The van der Waals surface area contributed by atoms with E-state index in [2.05, 4.69) is 36.5 Å². The molecule has 2 aromatic rings. The first kappa shape index (κ1) is 11.3. The Morgan fingerprint density at radius 2 is 1.89 bits per heavy atom. The van der Waals surface area contributed by atoms with Gasteiger partial charge in [0.2, 0.25) is 0 Å². The standard InChI is InChI=1S/C16H16FN/c1-11-9-13-10-14(17)7-8-15(13)18-16(11)12-5-3-2-4-6-12/h2-8,10-11,16,18H,9H2,1H3. The van der Waals surface area contributed by atoms with Gasteiger partial charge < -0.3 is 5.32 Å². The van der Waals surface area contributed by atoms with Gasteiger partial charge >= 0.3 is 0 Å². The molecular weight excluding hydrogens is 225 g/mol. The minimum atomic E-state index is -0.152. The molecule has 1 aliphatic heterocycles. The lowest BCUT2D eigenvalue weighted by atomic mass is 9.85. The molecule has 92 valence electrons. The van der Waals surface area contributed by atoms with Crippen LogP contribution in [0.15, 0.2) is 48.5 Å². The topological polar surface area (TPSA) is 12.0 Å². The van der Waals surface area contributed by atoms with E-state index in [1.54, 1.807) is 6.07 Å². The number of fused-ring (bicyclic) bond motifs is 1. The average molecular weight is 241 g/mol. The summed E-state index contributed by atoms with van der Waals surface area (Å²) >= 11 is 0. The van der Waals surface area contributed by atoms with Crippen LogP contribution in [0.1, 0.15) is 24.1 Å². The SMILES string of the molecule is CC1Cc2cc(F)ccc2NC1c1ccccc1. The van der Waals surface area contributed by atoms with E-state index in [0.717, 1.165) is 17.7 Å². The predicted octanol–water partition coefficient (Wildman–Crippen LogP) is 4.17. The second-order valence-electron chi connectivity index (χ2n) is 5.02. The Morgan fingerprint density at radius 3 is 2.67 bits per heavy atom. The quantitative estimate of drug-likeness (QED) is 0.790. The van der Waals surface area contributed by atoms with Crippen molar-refractivity contribution in [2.75, 3.05) is 5.32 Å². The van der Waals surface area contributed by atoms with E-state index in [-0.39, 0.29) is 5.82 Å². The molecule has 0 aliphatic carbocycles. The molecule has 2 unspecified atom stereocenters. The van der Waals surface area contributed by atoms with Crippen molar-refractivity contribution in [1.29, 1.82) is 0 Å². The second-order valence-corrected chi connectivity index (χ2v) is 5.02. The minimum Gasteiger partial charge on any atom is -0.378 e. The van der Waals surface area contributed by atoms with Gasteiger partial charge in [-0.3, -0.25) is 0 Å². The fraction of sp³-hybridized carbons (Fsp3) is 0.250. The molecule has 0 bridgehead atoms. The van der Waals surface area contributed by atoms with Crippen molar-refractivity contribution in [3.05, 3.63) is 65.5 Å². The summed E-state index contributed by atoms with van der Waals surface area (Å²) in [5, 5.41) is 3.52. The Labute approximate surface area is 107 Å². The summed E-state index contributed by atoms with van der Waals surface area (Å²) in [4.78, 5) is 0. The molecular formula is C16H16FN. The van der Waals surface area contributed by atoms with Crippen molar-refractivity contribution < 1.29 is 4.39 Å². The van der Waals surface area contributed by atoms with E-state index in [1.807, 2.05) is 12.1 Å². The largest absolute Gasteiger partial charge is 0.378 e. The molecule has 0 saturated carbocycles. The number of rotatable bonds is 1. The normalized spacial score (nSPS) is 22.1. The zero-order chi connectivity index (χ0) is 12.5. The van der Waals surface area contributed by atoms with Crippen LogP contribution in [0.25, 0.3) is 0 Å². The summed E-state index contributed by atoms with van der Waals surface area (Å²) < 4.78 is 13.2. The zero-order valence-electron chi connectivity index (χ0n) is 10.4. The highest BCUT2D eigenvalue weighted by Crippen LogP contribution is 2.36. The molecule has 1 N–H and O–H groups in total. The van der Waals surface area contributed by atoms with Gasteiger partial charge in [0.15, 0.2) is 0 Å². The molecule has 1 nitrogen and oxygen atoms in total. The molecule has 0 fully saturated rings. The van der Waals surface area contributed by atoms with Crippen molar-refractivity contribution in [1.82, 2.24) is 0 Å². The van der Waals surface area contributed by atoms with E-state index in [9.17, 15) is 4.39 Å². The number of hydrogen-bond acceptors (Lipinski definition) is 1. The van der Waals surface area contributed by atoms with Crippen LogP contribution in [0, 0.1) is 11.7 Å².